The van der Waals surface area contributed by atoms with Crippen LogP contribution in [0.2, 0.25) is 0 Å². The van der Waals surface area contributed by atoms with Gasteiger partial charge in [0.1, 0.15) is 0 Å². The van der Waals surface area contributed by atoms with Crippen molar-refractivity contribution in [1.29, 1.82) is 0 Å². The van der Waals surface area contributed by atoms with Crippen LogP contribution < -0.4 is 11.5 Å². The van der Waals surface area contributed by atoms with Gasteiger partial charge in [-0.25, -0.2) is 0 Å². The Morgan fingerprint density at radius 2 is 1.75 bits per heavy atom. The number of nitrogens with zero attached hydrogens (tertiary/aromatic N) is 4. The average Bonchev–Trinajstić information content (AvgIpc) is 2.79. The molecule has 1 aliphatic heterocycles. The molecule has 0 spiro atoms. The Hall–Kier alpha value is -2.08. The zero-order valence-corrected chi connectivity index (χ0v) is 11.7. The third-order valence-electron chi connectivity index (χ3n) is 3.98. The highest BCUT2D eigenvalue weighted by molar-refractivity contribution is 5.42. The molecule has 1 fully saturated rings. The molecule has 3 rings (SSSR count). The van der Waals surface area contributed by atoms with Crippen LogP contribution >= 0.6 is 0 Å². The van der Waals surface area contributed by atoms with E-state index in [1.54, 1.807) is 4.68 Å². The van der Waals surface area contributed by atoms with Crippen LogP contribution in [0.25, 0.3) is 5.69 Å². The van der Waals surface area contributed by atoms with Gasteiger partial charge in [0.25, 0.3) is 0 Å². The van der Waals surface area contributed by atoms with Crippen LogP contribution in [0.1, 0.15) is 24.3 Å². The van der Waals surface area contributed by atoms with E-state index in [1.807, 2.05) is 12.1 Å². The maximum Gasteiger partial charge on any atom is 0.241 e. The minimum Gasteiger partial charge on any atom is -0.368 e. The van der Waals surface area contributed by atoms with Crippen molar-refractivity contribution >= 4 is 11.9 Å². The number of aromatic nitrogens is 3. The Balaban J connectivity index is 1.79. The largest absolute Gasteiger partial charge is 0.368 e. The molecule has 0 atom stereocenters. The highest BCUT2D eigenvalue weighted by atomic mass is 15.4. The smallest absolute Gasteiger partial charge is 0.241 e. The number of hydrogen-bond acceptors (Lipinski definition) is 5. The molecule has 6 heteroatoms. The van der Waals surface area contributed by atoms with Crippen molar-refractivity contribution in [1.82, 2.24) is 19.7 Å². The van der Waals surface area contributed by atoms with Crippen molar-refractivity contribution in [3.8, 4) is 5.69 Å². The predicted molar refractivity (Wildman–Crippen MR) is 79.7 cm³/mol. The quantitative estimate of drug-likeness (QED) is 0.859. The average molecular weight is 272 g/mol. The second-order valence-electron chi connectivity index (χ2n) is 5.41. The molecule has 20 heavy (non-hydrogen) atoms. The van der Waals surface area contributed by atoms with Crippen LogP contribution in [-0.2, 0) is 0 Å². The Morgan fingerprint density at radius 3 is 2.30 bits per heavy atom. The first-order chi connectivity index (χ1) is 9.63. The summed E-state index contributed by atoms with van der Waals surface area (Å²) in [5.74, 6) is 1.16. The first-order valence-electron chi connectivity index (χ1n) is 6.90. The van der Waals surface area contributed by atoms with Gasteiger partial charge in [-0.3, -0.25) is 0 Å². The molecule has 0 saturated carbocycles. The normalized spacial score (nSPS) is 17.4. The number of anilines is 2. The van der Waals surface area contributed by atoms with Crippen LogP contribution in [0, 0.1) is 0 Å². The fourth-order valence-electron chi connectivity index (χ4n) is 2.76. The fraction of sp³-hybridized carbons (Fsp3) is 0.429. The second-order valence-corrected chi connectivity index (χ2v) is 5.41. The number of rotatable bonds is 2. The number of benzene rings is 1. The Bertz CT molecular complexity index is 580. The standard InChI is InChI=1S/C14H20N6/c1-19-8-6-11(7-9-19)10-2-4-12(5-3-10)20-14(16)17-13(15)18-20/h2-5,11H,6-9H2,1H3,(H4,15,16,17,18). The third kappa shape index (κ3) is 2.46. The van der Waals surface area contributed by atoms with Gasteiger partial charge in [-0.05, 0) is 56.6 Å². The topological polar surface area (TPSA) is 86.0 Å². The highest BCUT2D eigenvalue weighted by Gasteiger charge is 2.18. The lowest BCUT2D eigenvalue weighted by Gasteiger charge is -2.29. The monoisotopic (exact) mass is 272 g/mol. The van der Waals surface area contributed by atoms with Gasteiger partial charge in [0, 0.05) is 0 Å². The first-order valence-corrected chi connectivity index (χ1v) is 6.90. The van der Waals surface area contributed by atoms with Crippen molar-refractivity contribution in [2.24, 2.45) is 0 Å². The molecule has 1 aromatic carbocycles. The molecule has 1 aromatic heterocycles. The minimum atomic E-state index is 0.196. The van der Waals surface area contributed by atoms with Crippen molar-refractivity contribution < 1.29 is 0 Å². The summed E-state index contributed by atoms with van der Waals surface area (Å²) in [4.78, 5) is 6.29. The lowest BCUT2D eigenvalue weighted by Crippen LogP contribution is -2.29. The molecule has 0 amide bonds. The molecule has 1 aliphatic rings. The van der Waals surface area contributed by atoms with Crippen LogP contribution in [0.3, 0.4) is 0 Å². The van der Waals surface area contributed by atoms with Gasteiger partial charge in [-0.15, -0.1) is 5.10 Å². The van der Waals surface area contributed by atoms with E-state index in [1.165, 1.54) is 31.5 Å². The van der Waals surface area contributed by atoms with Crippen LogP contribution in [0.15, 0.2) is 24.3 Å². The Kier molecular flexibility index (Phi) is 3.31. The summed E-state index contributed by atoms with van der Waals surface area (Å²) >= 11 is 0. The molecular weight excluding hydrogens is 252 g/mol. The summed E-state index contributed by atoms with van der Waals surface area (Å²) in [6.45, 7) is 2.33. The molecule has 2 heterocycles. The van der Waals surface area contributed by atoms with Crippen molar-refractivity contribution in [3.63, 3.8) is 0 Å². The SMILES string of the molecule is CN1CCC(c2ccc(-n3nc(N)nc3N)cc2)CC1. The zero-order valence-electron chi connectivity index (χ0n) is 11.7. The van der Waals surface area contributed by atoms with Crippen LogP contribution in [0.4, 0.5) is 11.9 Å². The molecule has 106 valence electrons. The summed E-state index contributed by atoms with van der Waals surface area (Å²) in [5, 5.41) is 4.08. The molecule has 6 nitrogen and oxygen atoms in total. The summed E-state index contributed by atoms with van der Waals surface area (Å²) in [6, 6.07) is 8.36. The van der Waals surface area contributed by atoms with Gasteiger partial charge in [0.15, 0.2) is 0 Å². The van der Waals surface area contributed by atoms with E-state index in [0.717, 1.165) is 5.69 Å². The molecular formula is C14H20N6. The maximum atomic E-state index is 5.77. The van der Waals surface area contributed by atoms with Gasteiger partial charge >= 0.3 is 0 Å². The van der Waals surface area contributed by atoms with Gasteiger partial charge in [-0.2, -0.15) is 9.67 Å². The Morgan fingerprint density at radius 1 is 1.10 bits per heavy atom. The van der Waals surface area contributed by atoms with Crippen molar-refractivity contribution in [2.75, 3.05) is 31.6 Å². The number of nitrogens with two attached hydrogens (primary N) is 2. The van der Waals surface area contributed by atoms with Crippen LogP contribution in [-0.4, -0.2) is 39.8 Å². The van der Waals surface area contributed by atoms with E-state index in [9.17, 15) is 0 Å². The van der Waals surface area contributed by atoms with Gasteiger partial charge in [-0.1, -0.05) is 12.1 Å². The third-order valence-corrected chi connectivity index (χ3v) is 3.98. The summed E-state index contributed by atoms with van der Waals surface area (Å²) in [7, 11) is 2.18. The predicted octanol–water partition coefficient (Wildman–Crippen LogP) is 1.24. The number of hydrogen-bond donors (Lipinski definition) is 2. The Labute approximate surface area is 118 Å². The number of nitrogen functional groups attached to an aromatic ring is 2. The van der Waals surface area contributed by atoms with E-state index in [2.05, 4.69) is 34.2 Å². The van der Waals surface area contributed by atoms with Gasteiger partial charge in [0.2, 0.25) is 11.9 Å². The van der Waals surface area contributed by atoms with E-state index < -0.39 is 0 Å². The molecule has 1 saturated heterocycles. The summed E-state index contributed by atoms with van der Waals surface area (Å²) in [5.41, 5.74) is 13.6. The first kappa shape index (κ1) is 12.9. The van der Waals surface area contributed by atoms with Gasteiger partial charge in [0.05, 0.1) is 5.69 Å². The van der Waals surface area contributed by atoms with E-state index in [4.69, 9.17) is 11.5 Å². The second kappa shape index (κ2) is 5.13. The van der Waals surface area contributed by atoms with Crippen molar-refractivity contribution in [3.05, 3.63) is 29.8 Å². The number of piperidine rings is 1. The van der Waals surface area contributed by atoms with Gasteiger partial charge < -0.3 is 16.4 Å². The van der Waals surface area contributed by atoms with Crippen molar-refractivity contribution in [2.45, 2.75) is 18.8 Å². The summed E-state index contributed by atoms with van der Waals surface area (Å²) in [6.07, 6.45) is 2.43. The lowest BCUT2D eigenvalue weighted by atomic mass is 9.89. The molecule has 0 bridgehead atoms. The maximum absolute atomic E-state index is 5.77. The van der Waals surface area contributed by atoms with Crippen LogP contribution in [0.5, 0.6) is 0 Å². The molecule has 0 radical (unpaired) electrons. The van der Waals surface area contributed by atoms with E-state index >= 15 is 0 Å². The zero-order chi connectivity index (χ0) is 14.1. The molecule has 2 aromatic rings. The molecule has 4 N–H and O–H groups in total. The minimum absolute atomic E-state index is 0.196. The van der Waals surface area contributed by atoms with E-state index in [0.29, 0.717) is 11.9 Å². The highest BCUT2D eigenvalue weighted by Crippen LogP contribution is 2.28. The summed E-state index contributed by atoms with van der Waals surface area (Å²) < 4.78 is 1.56. The fourth-order valence-corrected chi connectivity index (χ4v) is 2.76. The lowest BCUT2D eigenvalue weighted by molar-refractivity contribution is 0.255. The molecule has 0 unspecified atom stereocenters. The number of likely N-dealkylation sites (tertiary alicyclic amines) is 1. The van der Waals surface area contributed by atoms with E-state index in [-0.39, 0.29) is 5.95 Å². The molecule has 0 aliphatic carbocycles.